The van der Waals surface area contributed by atoms with E-state index >= 15 is 0 Å². The van der Waals surface area contributed by atoms with Gasteiger partial charge in [-0.2, -0.15) is 0 Å². The second kappa shape index (κ2) is 9.25. The van der Waals surface area contributed by atoms with Gasteiger partial charge in [0, 0.05) is 25.5 Å². The number of nitrogens with one attached hydrogen (secondary N) is 2. The summed E-state index contributed by atoms with van der Waals surface area (Å²) in [5, 5.41) is 4.99. The van der Waals surface area contributed by atoms with Crippen LogP contribution in [0.2, 0.25) is 0 Å². The van der Waals surface area contributed by atoms with Gasteiger partial charge in [0.25, 0.3) is 5.56 Å². The number of halogens is 2. The number of hydrogen-bond donors (Lipinski definition) is 2. The van der Waals surface area contributed by atoms with Gasteiger partial charge in [-0.15, -0.1) is 0 Å². The zero-order chi connectivity index (χ0) is 21.7. The molecule has 0 atom stereocenters. The molecule has 1 aromatic heterocycles. The highest BCUT2D eigenvalue weighted by atomic mass is 19.1. The zero-order valence-electron chi connectivity index (χ0n) is 16.2. The summed E-state index contributed by atoms with van der Waals surface area (Å²) < 4.78 is 28.1. The predicted octanol–water partition coefficient (Wildman–Crippen LogP) is 2.38. The molecule has 9 heteroatoms. The van der Waals surface area contributed by atoms with Crippen LogP contribution in [0.5, 0.6) is 0 Å². The highest BCUT2D eigenvalue weighted by Crippen LogP contribution is 2.16. The third-order valence-electron chi connectivity index (χ3n) is 4.39. The van der Waals surface area contributed by atoms with E-state index in [-0.39, 0.29) is 30.1 Å². The van der Waals surface area contributed by atoms with E-state index in [2.05, 4.69) is 15.6 Å². The maximum absolute atomic E-state index is 13.8. The molecule has 3 rings (SSSR count). The Kier molecular flexibility index (Phi) is 6.51. The van der Waals surface area contributed by atoms with E-state index in [1.165, 1.54) is 4.57 Å². The van der Waals surface area contributed by atoms with Crippen LogP contribution in [0.3, 0.4) is 0 Å². The molecule has 0 aliphatic rings. The second-order valence-corrected chi connectivity index (χ2v) is 6.56. The predicted molar refractivity (Wildman–Crippen MR) is 108 cm³/mol. The summed E-state index contributed by atoms with van der Waals surface area (Å²) in [5.74, 6) is -2.55. The Morgan fingerprint density at radius 2 is 1.87 bits per heavy atom. The molecule has 0 saturated carbocycles. The number of benzene rings is 2. The molecule has 2 aromatic carbocycles. The smallest absolute Gasteiger partial charge is 0.273 e. The van der Waals surface area contributed by atoms with Gasteiger partial charge in [-0.05, 0) is 31.2 Å². The molecule has 0 unspecified atom stereocenters. The summed E-state index contributed by atoms with van der Waals surface area (Å²) in [4.78, 5) is 41.5. The third-order valence-corrected chi connectivity index (χ3v) is 4.39. The molecule has 1 heterocycles. The van der Waals surface area contributed by atoms with E-state index in [0.29, 0.717) is 23.6 Å². The Balaban J connectivity index is 1.89. The standard InChI is InChI=1S/C21H20F2N4O3/c1-2-24-19(28)10-9-17-21(30)27(18-6-4-3-5-16(18)25-17)12-20(29)26-15-8-7-13(22)11-14(15)23/h3-8,11H,2,9-10,12H2,1H3,(H,24,28)(H,26,29). The van der Waals surface area contributed by atoms with Gasteiger partial charge in [0.15, 0.2) is 0 Å². The van der Waals surface area contributed by atoms with Crippen LogP contribution >= 0.6 is 0 Å². The van der Waals surface area contributed by atoms with E-state index in [1.54, 1.807) is 31.2 Å². The first-order valence-corrected chi connectivity index (χ1v) is 9.39. The minimum Gasteiger partial charge on any atom is -0.356 e. The molecule has 0 bridgehead atoms. The fourth-order valence-electron chi connectivity index (χ4n) is 3.01. The first kappa shape index (κ1) is 21.1. The molecule has 3 aromatic rings. The van der Waals surface area contributed by atoms with E-state index in [9.17, 15) is 23.2 Å². The Morgan fingerprint density at radius 3 is 2.60 bits per heavy atom. The number of rotatable bonds is 7. The summed E-state index contributed by atoms with van der Waals surface area (Å²) >= 11 is 0. The fraction of sp³-hybridized carbons (Fsp3) is 0.238. The van der Waals surface area contributed by atoms with Crippen molar-refractivity contribution in [3.8, 4) is 0 Å². The maximum atomic E-state index is 13.8. The number of carbonyl (C=O) groups is 2. The van der Waals surface area contributed by atoms with E-state index in [4.69, 9.17) is 0 Å². The molecule has 0 spiro atoms. The summed E-state index contributed by atoms with van der Waals surface area (Å²) in [5.41, 5.74) is 0.375. The van der Waals surface area contributed by atoms with Crippen LogP contribution < -0.4 is 16.2 Å². The SMILES string of the molecule is CCNC(=O)CCc1nc2ccccc2n(CC(=O)Nc2ccc(F)cc2F)c1=O. The van der Waals surface area contributed by atoms with Crippen molar-refractivity contribution in [1.29, 1.82) is 0 Å². The Labute approximate surface area is 170 Å². The van der Waals surface area contributed by atoms with Crippen molar-refractivity contribution in [2.24, 2.45) is 0 Å². The topological polar surface area (TPSA) is 93.1 Å². The molecule has 2 amide bonds. The van der Waals surface area contributed by atoms with Gasteiger partial charge in [0.05, 0.1) is 16.7 Å². The normalized spacial score (nSPS) is 10.8. The molecule has 156 valence electrons. The van der Waals surface area contributed by atoms with Crippen LogP contribution in [0.1, 0.15) is 19.0 Å². The van der Waals surface area contributed by atoms with Gasteiger partial charge >= 0.3 is 0 Å². The number of amides is 2. The minimum atomic E-state index is -0.919. The van der Waals surface area contributed by atoms with Gasteiger partial charge in [-0.25, -0.2) is 13.8 Å². The van der Waals surface area contributed by atoms with Crippen molar-refractivity contribution < 1.29 is 18.4 Å². The number of hydrogen-bond acceptors (Lipinski definition) is 4. The maximum Gasteiger partial charge on any atom is 0.273 e. The van der Waals surface area contributed by atoms with Gasteiger partial charge in [-0.3, -0.25) is 19.0 Å². The van der Waals surface area contributed by atoms with Crippen molar-refractivity contribution in [2.45, 2.75) is 26.3 Å². The van der Waals surface area contributed by atoms with Gasteiger partial charge in [0.1, 0.15) is 23.9 Å². The Bertz CT molecular complexity index is 1160. The number of anilines is 1. The van der Waals surface area contributed by atoms with E-state index in [0.717, 1.165) is 12.1 Å². The van der Waals surface area contributed by atoms with Gasteiger partial charge in [0.2, 0.25) is 11.8 Å². The summed E-state index contributed by atoms with van der Waals surface area (Å²) in [6.07, 6.45) is 0.200. The molecule has 0 radical (unpaired) electrons. The lowest BCUT2D eigenvalue weighted by Gasteiger charge is -2.13. The molecular formula is C21H20F2N4O3. The number of carbonyl (C=O) groups excluding carboxylic acids is 2. The van der Waals surface area contributed by atoms with Crippen molar-refractivity contribution >= 4 is 28.5 Å². The molecular weight excluding hydrogens is 394 g/mol. The minimum absolute atomic E-state index is 0.0847. The highest BCUT2D eigenvalue weighted by molar-refractivity contribution is 5.91. The lowest BCUT2D eigenvalue weighted by atomic mass is 10.2. The van der Waals surface area contributed by atoms with Crippen LogP contribution in [-0.2, 0) is 22.6 Å². The van der Waals surface area contributed by atoms with Crippen LogP contribution in [0.25, 0.3) is 11.0 Å². The Hall–Kier alpha value is -3.62. The molecule has 0 aliphatic carbocycles. The largest absolute Gasteiger partial charge is 0.356 e. The van der Waals surface area contributed by atoms with Crippen molar-refractivity contribution in [3.05, 3.63) is 70.1 Å². The lowest BCUT2D eigenvalue weighted by molar-refractivity contribution is -0.121. The third kappa shape index (κ3) is 4.86. The first-order chi connectivity index (χ1) is 14.4. The highest BCUT2D eigenvalue weighted by Gasteiger charge is 2.16. The van der Waals surface area contributed by atoms with E-state index in [1.807, 2.05) is 0 Å². The number of aryl methyl sites for hydroxylation is 1. The fourth-order valence-corrected chi connectivity index (χ4v) is 3.01. The van der Waals surface area contributed by atoms with Gasteiger partial charge < -0.3 is 10.6 Å². The quantitative estimate of drug-likeness (QED) is 0.621. The zero-order valence-corrected chi connectivity index (χ0v) is 16.2. The molecule has 0 saturated heterocycles. The second-order valence-electron chi connectivity index (χ2n) is 6.56. The van der Waals surface area contributed by atoms with Crippen molar-refractivity contribution in [1.82, 2.24) is 14.9 Å². The molecule has 7 nitrogen and oxygen atoms in total. The van der Waals surface area contributed by atoms with Gasteiger partial charge in [-0.1, -0.05) is 12.1 Å². The number of fused-ring (bicyclic) bond motifs is 1. The molecule has 2 N–H and O–H groups in total. The monoisotopic (exact) mass is 414 g/mol. The first-order valence-electron chi connectivity index (χ1n) is 9.39. The summed E-state index contributed by atoms with van der Waals surface area (Å²) in [6.45, 7) is 1.88. The van der Waals surface area contributed by atoms with Crippen LogP contribution in [0, 0.1) is 11.6 Å². The number of para-hydroxylation sites is 2. The summed E-state index contributed by atoms with van der Waals surface area (Å²) in [6, 6.07) is 9.56. The Morgan fingerprint density at radius 1 is 1.10 bits per heavy atom. The van der Waals surface area contributed by atoms with E-state index < -0.39 is 29.6 Å². The molecule has 0 aliphatic heterocycles. The molecule has 30 heavy (non-hydrogen) atoms. The number of aromatic nitrogens is 2. The van der Waals surface area contributed by atoms with Crippen LogP contribution in [0.15, 0.2) is 47.3 Å². The number of nitrogens with zero attached hydrogens (tertiary/aromatic N) is 2. The van der Waals surface area contributed by atoms with Crippen molar-refractivity contribution in [3.63, 3.8) is 0 Å². The summed E-state index contributed by atoms with van der Waals surface area (Å²) in [7, 11) is 0. The van der Waals surface area contributed by atoms with Crippen LogP contribution in [0.4, 0.5) is 14.5 Å². The average Bonchev–Trinajstić information content (AvgIpc) is 2.71. The lowest BCUT2D eigenvalue weighted by Crippen LogP contribution is -2.32. The molecule has 0 fully saturated rings. The van der Waals surface area contributed by atoms with Crippen LogP contribution in [-0.4, -0.2) is 27.9 Å². The van der Waals surface area contributed by atoms with Crippen molar-refractivity contribution in [2.75, 3.05) is 11.9 Å². The average molecular weight is 414 g/mol.